The van der Waals surface area contributed by atoms with E-state index in [4.69, 9.17) is 4.74 Å². The Bertz CT molecular complexity index is 368. The summed E-state index contributed by atoms with van der Waals surface area (Å²) in [5.74, 6) is 1.38. The molecule has 0 spiro atoms. The first-order valence-corrected chi connectivity index (χ1v) is 5.26. The standard InChI is InChI=1S/C9H10N2O2S/c1-13-8-3-2-6-9(11-8)14-5-4-7(12)10-6/h2-3H,4-5H2,1H3,(H,10,12). The number of anilines is 1. The molecule has 0 atom stereocenters. The molecule has 4 nitrogen and oxygen atoms in total. The molecular weight excluding hydrogens is 200 g/mol. The molecule has 1 N–H and O–H groups in total. The number of carbonyl (C=O) groups excluding carboxylic acids is 1. The van der Waals surface area contributed by atoms with Crippen LogP contribution in [0.1, 0.15) is 6.42 Å². The van der Waals surface area contributed by atoms with Crippen LogP contribution < -0.4 is 10.1 Å². The van der Waals surface area contributed by atoms with E-state index in [0.717, 1.165) is 16.5 Å². The number of fused-ring (bicyclic) bond motifs is 1. The molecule has 14 heavy (non-hydrogen) atoms. The molecule has 0 aliphatic carbocycles. The fraction of sp³-hybridized carbons (Fsp3) is 0.333. The molecule has 5 heteroatoms. The van der Waals surface area contributed by atoms with E-state index >= 15 is 0 Å². The Labute approximate surface area is 86.1 Å². The second-order valence-electron chi connectivity index (χ2n) is 2.85. The van der Waals surface area contributed by atoms with Gasteiger partial charge in [0.2, 0.25) is 11.8 Å². The SMILES string of the molecule is COc1ccc2c(n1)SCCC(=O)N2. The number of ether oxygens (including phenoxy) is 1. The summed E-state index contributed by atoms with van der Waals surface area (Å²) >= 11 is 1.57. The Morgan fingerprint density at radius 3 is 3.21 bits per heavy atom. The number of nitrogens with one attached hydrogen (secondary N) is 1. The van der Waals surface area contributed by atoms with E-state index in [2.05, 4.69) is 10.3 Å². The van der Waals surface area contributed by atoms with Gasteiger partial charge in [0.05, 0.1) is 12.8 Å². The van der Waals surface area contributed by atoms with Crippen molar-refractivity contribution in [3.05, 3.63) is 12.1 Å². The number of rotatable bonds is 1. The summed E-state index contributed by atoms with van der Waals surface area (Å²) in [6.07, 6.45) is 0.531. The third-order valence-electron chi connectivity index (χ3n) is 1.89. The minimum absolute atomic E-state index is 0.0446. The molecule has 1 aromatic rings. The number of methoxy groups -OCH3 is 1. The Morgan fingerprint density at radius 1 is 1.57 bits per heavy atom. The van der Waals surface area contributed by atoms with Crippen LogP contribution in [-0.2, 0) is 4.79 Å². The van der Waals surface area contributed by atoms with Crippen LogP contribution in [0.25, 0.3) is 0 Å². The third kappa shape index (κ3) is 1.82. The van der Waals surface area contributed by atoms with Gasteiger partial charge in [0.15, 0.2) is 0 Å². The van der Waals surface area contributed by atoms with Gasteiger partial charge in [-0.3, -0.25) is 4.79 Å². The quantitative estimate of drug-likeness (QED) is 0.763. The van der Waals surface area contributed by atoms with E-state index in [9.17, 15) is 4.79 Å². The summed E-state index contributed by atoms with van der Waals surface area (Å²) in [6, 6.07) is 3.56. The summed E-state index contributed by atoms with van der Waals surface area (Å²) in [5, 5.41) is 3.62. The fourth-order valence-corrected chi connectivity index (χ4v) is 2.11. The van der Waals surface area contributed by atoms with Gasteiger partial charge >= 0.3 is 0 Å². The second kappa shape index (κ2) is 3.88. The molecule has 0 bridgehead atoms. The zero-order valence-corrected chi connectivity index (χ0v) is 8.56. The normalized spacial score (nSPS) is 15.4. The Balaban J connectivity index is 2.35. The van der Waals surface area contributed by atoms with E-state index in [1.54, 1.807) is 24.9 Å². The average Bonchev–Trinajstić information content (AvgIpc) is 2.37. The summed E-state index contributed by atoms with van der Waals surface area (Å²) in [5.41, 5.74) is 0.776. The van der Waals surface area contributed by atoms with Crippen molar-refractivity contribution in [3.8, 4) is 5.88 Å². The topological polar surface area (TPSA) is 51.2 Å². The van der Waals surface area contributed by atoms with E-state index in [1.807, 2.05) is 6.07 Å². The van der Waals surface area contributed by atoms with Gasteiger partial charge in [0, 0.05) is 18.2 Å². The maximum atomic E-state index is 11.2. The van der Waals surface area contributed by atoms with Crippen molar-refractivity contribution in [2.75, 3.05) is 18.2 Å². The van der Waals surface area contributed by atoms with Gasteiger partial charge in [-0.1, -0.05) is 0 Å². The number of hydrogen-bond acceptors (Lipinski definition) is 4. The predicted molar refractivity (Wildman–Crippen MR) is 54.8 cm³/mol. The first-order valence-electron chi connectivity index (χ1n) is 4.27. The molecule has 0 saturated carbocycles. The highest BCUT2D eigenvalue weighted by molar-refractivity contribution is 7.99. The lowest BCUT2D eigenvalue weighted by Crippen LogP contribution is -2.10. The second-order valence-corrected chi connectivity index (χ2v) is 3.94. The smallest absolute Gasteiger partial charge is 0.225 e. The van der Waals surface area contributed by atoms with Crippen molar-refractivity contribution in [1.82, 2.24) is 4.98 Å². The molecule has 0 unspecified atom stereocenters. The van der Waals surface area contributed by atoms with Crippen LogP contribution in [0.4, 0.5) is 5.69 Å². The highest BCUT2D eigenvalue weighted by atomic mass is 32.2. The molecule has 0 fully saturated rings. The highest BCUT2D eigenvalue weighted by Gasteiger charge is 2.14. The van der Waals surface area contributed by atoms with Gasteiger partial charge in [0.1, 0.15) is 5.03 Å². The molecule has 1 aromatic heterocycles. The van der Waals surface area contributed by atoms with Crippen LogP contribution in [0.5, 0.6) is 5.88 Å². The highest BCUT2D eigenvalue weighted by Crippen LogP contribution is 2.30. The zero-order chi connectivity index (χ0) is 9.97. The van der Waals surface area contributed by atoms with E-state index in [1.165, 1.54) is 0 Å². The number of aromatic nitrogens is 1. The monoisotopic (exact) mass is 210 g/mol. The summed E-state index contributed by atoms with van der Waals surface area (Å²) < 4.78 is 5.01. The van der Waals surface area contributed by atoms with Gasteiger partial charge in [0.25, 0.3) is 0 Å². The number of hydrogen-bond donors (Lipinski definition) is 1. The number of amides is 1. The molecule has 74 valence electrons. The van der Waals surface area contributed by atoms with Gasteiger partial charge < -0.3 is 10.1 Å². The van der Waals surface area contributed by atoms with Gasteiger partial charge in [-0.05, 0) is 6.07 Å². The lowest BCUT2D eigenvalue weighted by molar-refractivity contribution is -0.115. The zero-order valence-electron chi connectivity index (χ0n) is 7.74. The minimum Gasteiger partial charge on any atom is -0.481 e. The van der Waals surface area contributed by atoms with Crippen LogP contribution in [0, 0.1) is 0 Å². The van der Waals surface area contributed by atoms with Gasteiger partial charge in [-0.25, -0.2) is 4.98 Å². The summed E-state index contributed by atoms with van der Waals surface area (Å²) in [4.78, 5) is 15.5. The Kier molecular flexibility index (Phi) is 2.58. The third-order valence-corrected chi connectivity index (χ3v) is 2.88. The van der Waals surface area contributed by atoms with Crippen molar-refractivity contribution in [1.29, 1.82) is 0 Å². The number of carbonyl (C=O) groups is 1. The Morgan fingerprint density at radius 2 is 2.43 bits per heavy atom. The molecule has 0 aromatic carbocycles. The lowest BCUT2D eigenvalue weighted by atomic mass is 10.4. The fourth-order valence-electron chi connectivity index (χ4n) is 1.20. The number of nitrogens with zero attached hydrogens (tertiary/aromatic N) is 1. The number of thioether (sulfide) groups is 1. The van der Waals surface area contributed by atoms with Gasteiger partial charge in [-0.2, -0.15) is 0 Å². The van der Waals surface area contributed by atoms with Crippen LogP contribution in [-0.4, -0.2) is 23.8 Å². The largest absolute Gasteiger partial charge is 0.481 e. The van der Waals surface area contributed by atoms with E-state index < -0.39 is 0 Å². The molecule has 0 saturated heterocycles. The maximum absolute atomic E-state index is 11.2. The molecule has 2 heterocycles. The summed E-state index contributed by atoms with van der Waals surface area (Å²) in [7, 11) is 1.58. The molecule has 1 aliphatic heterocycles. The molecule has 1 amide bonds. The predicted octanol–water partition coefficient (Wildman–Crippen LogP) is 1.52. The van der Waals surface area contributed by atoms with Crippen molar-refractivity contribution in [2.24, 2.45) is 0 Å². The average molecular weight is 210 g/mol. The van der Waals surface area contributed by atoms with E-state index in [-0.39, 0.29) is 5.91 Å². The van der Waals surface area contributed by atoms with Crippen LogP contribution >= 0.6 is 11.8 Å². The lowest BCUT2D eigenvalue weighted by Gasteiger charge is -2.06. The van der Waals surface area contributed by atoms with Crippen LogP contribution in [0.15, 0.2) is 17.2 Å². The maximum Gasteiger partial charge on any atom is 0.225 e. The van der Waals surface area contributed by atoms with Crippen LogP contribution in [0.2, 0.25) is 0 Å². The van der Waals surface area contributed by atoms with Crippen molar-refractivity contribution in [2.45, 2.75) is 11.4 Å². The molecule has 2 rings (SSSR count). The van der Waals surface area contributed by atoms with Crippen molar-refractivity contribution >= 4 is 23.4 Å². The number of pyridine rings is 1. The summed E-state index contributed by atoms with van der Waals surface area (Å²) in [6.45, 7) is 0. The van der Waals surface area contributed by atoms with Crippen molar-refractivity contribution < 1.29 is 9.53 Å². The first-order chi connectivity index (χ1) is 6.79. The Hall–Kier alpha value is -1.23. The van der Waals surface area contributed by atoms with Gasteiger partial charge in [-0.15, -0.1) is 11.8 Å². The van der Waals surface area contributed by atoms with Crippen molar-refractivity contribution in [3.63, 3.8) is 0 Å². The van der Waals surface area contributed by atoms with Crippen LogP contribution in [0.3, 0.4) is 0 Å². The van der Waals surface area contributed by atoms with E-state index in [0.29, 0.717) is 12.3 Å². The molecular formula is C9H10N2O2S. The molecule has 0 radical (unpaired) electrons. The molecule has 1 aliphatic rings. The first kappa shape index (κ1) is 9.33. The minimum atomic E-state index is 0.0446.